The Morgan fingerprint density at radius 2 is 1.12 bits per heavy atom. The monoisotopic (exact) mass is 766 g/mol. The van der Waals surface area contributed by atoms with Crippen LogP contribution in [0.3, 0.4) is 0 Å². The lowest BCUT2D eigenvalue weighted by atomic mass is 9.98. The minimum Gasteiger partial charge on any atom is -0.484 e. The van der Waals surface area contributed by atoms with Crippen molar-refractivity contribution in [2.24, 2.45) is 0 Å². The lowest BCUT2D eigenvalue weighted by molar-refractivity contribution is -0.142. The number of rotatable bonds is 9. The van der Waals surface area contributed by atoms with Gasteiger partial charge in [0.25, 0.3) is 5.91 Å². The number of nitrogens with one attached hydrogen (secondary N) is 4. The molecule has 57 heavy (non-hydrogen) atoms. The Morgan fingerprint density at radius 3 is 1.74 bits per heavy atom. The molecule has 5 aromatic carbocycles. The average molecular weight is 767 g/mol. The number of carbonyl (C=O) groups excluding carboxylic acids is 4. The Bertz CT molecular complexity index is 2140. The molecule has 4 amide bonds. The van der Waals surface area contributed by atoms with E-state index >= 15 is 0 Å². The van der Waals surface area contributed by atoms with Crippen molar-refractivity contribution in [2.45, 2.75) is 63.2 Å². The predicted molar refractivity (Wildman–Crippen MR) is 216 cm³/mol. The Hall–Kier alpha value is -6.75. The van der Waals surface area contributed by atoms with Gasteiger partial charge in [0, 0.05) is 19.3 Å². The van der Waals surface area contributed by atoms with E-state index in [-0.39, 0.29) is 25.7 Å². The van der Waals surface area contributed by atoms with Crippen molar-refractivity contribution in [3.05, 3.63) is 161 Å². The normalized spacial score (nSPS) is 19.4. The molecule has 11 heteroatoms. The van der Waals surface area contributed by atoms with Crippen LogP contribution in [0.5, 0.6) is 5.75 Å². The number of benzene rings is 5. The predicted octanol–water partition coefficient (Wildman–Crippen LogP) is 4.74. The Kier molecular flexibility index (Phi) is 13.5. The first-order valence-electron chi connectivity index (χ1n) is 19.0. The van der Waals surface area contributed by atoms with E-state index in [4.69, 9.17) is 4.74 Å². The number of aryl methyl sites for hydroxylation is 2. The van der Waals surface area contributed by atoms with Gasteiger partial charge in [0.05, 0.1) is 0 Å². The van der Waals surface area contributed by atoms with Crippen LogP contribution in [-0.4, -0.2) is 65.5 Å². The molecule has 1 unspecified atom stereocenters. The highest BCUT2D eigenvalue weighted by Crippen LogP contribution is 2.20. The molecule has 7 rings (SSSR count). The summed E-state index contributed by atoms with van der Waals surface area (Å²) in [5.74, 6) is -3.37. The summed E-state index contributed by atoms with van der Waals surface area (Å²) in [4.78, 5) is 68.3. The quantitative estimate of drug-likeness (QED) is 0.136. The number of carboxylic acid groups (broad SMARTS) is 1. The van der Waals surface area contributed by atoms with Crippen LogP contribution in [0.1, 0.15) is 34.2 Å². The van der Waals surface area contributed by atoms with Gasteiger partial charge in [-0.15, -0.1) is 0 Å². The summed E-state index contributed by atoms with van der Waals surface area (Å²) in [6.45, 7) is 1.55. The van der Waals surface area contributed by atoms with Crippen molar-refractivity contribution >= 4 is 29.6 Å². The van der Waals surface area contributed by atoms with Gasteiger partial charge < -0.3 is 31.1 Å². The van der Waals surface area contributed by atoms with Crippen molar-refractivity contribution in [3.8, 4) is 16.9 Å². The molecule has 2 bridgehead atoms. The molecule has 0 aromatic heterocycles. The molecule has 0 saturated heterocycles. The summed E-state index contributed by atoms with van der Waals surface area (Å²) in [5, 5.41) is 21.3. The van der Waals surface area contributed by atoms with Crippen LogP contribution in [0.4, 0.5) is 0 Å². The molecule has 292 valence electrons. The molecule has 0 aliphatic carbocycles. The zero-order valence-corrected chi connectivity index (χ0v) is 31.7. The molecule has 2 aliphatic heterocycles. The Balaban J connectivity index is 1.34. The molecular weight excluding hydrogens is 721 g/mol. The van der Waals surface area contributed by atoms with E-state index < -0.39 is 60.4 Å². The fourth-order valence-electron chi connectivity index (χ4n) is 6.66. The molecule has 11 nitrogen and oxygen atoms in total. The van der Waals surface area contributed by atoms with Crippen molar-refractivity contribution < 1.29 is 33.8 Å². The number of hydrogen-bond acceptors (Lipinski definition) is 6. The molecule has 5 N–H and O–H groups in total. The van der Waals surface area contributed by atoms with E-state index in [2.05, 4.69) is 21.3 Å². The van der Waals surface area contributed by atoms with Crippen LogP contribution in [0.2, 0.25) is 0 Å². The van der Waals surface area contributed by atoms with Gasteiger partial charge in [-0.3, -0.25) is 19.2 Å². The van der Waals surface area contributed by atoms with Gasteiger partial charge in [-0.2, -0.15) is 0 Å². The maximum absolute atomic E-state index is 14.4. The molecule has 2 aliphatic rings. The highest BCUT2D eigenvalue weighted by atomic mass is 16.5. The van der Waals surface area contributed by atoms with Crippen molar-refractivity contribution in [1.82, 2.24) is 21.3 Å². The van der Waals surface area contributed by atoms with Crippen molar-refractivity contribution in [2.75, 3.05) is 6.61 Å². The Labute approximate surface area is 331 Å². The standard InChI is InChI=1S/C46H46N4O7/c1-30-12-14-32(15-13-30)26-39-44(53)49-40(27-33-16-21-36(22-17-33)35-10-6-3-7-11-35)45(54)48-38(25-20-31-8-4-2-5-9-31)43(52)50-41(46(55)56)28-34-18-23-37(24-19-34)57-29-42(51)47-39/h2-19,21-24,38-41H,20,25-29H2,1H3,(H,47,51)(H,48,54)(H,49,53)(H,50,52)(H,55,56)/t38-,39?,40+,41+/m1/s1. The van der Waals surface area contributed by atoms with Gasteiger partial charge >= 0.3 is 5.97 Å². The van der Waals surface area contributed by atoms with E-state index in [0.29, 0.717) is 17.7 Å². The second-order valence-corrected chi connectivity index (χ2v) is 14.3. The maximum atomic E-state index is 14.4. The highest BCUT2D eigenvalue weighted by molar-refractivity contribution is 5.95. The first-order valence-corrected chi connectivity index (χ1v) is 19.0. The smallest absolute Gasteiger partial charge is 0.326 e. The van der Waals surface area contributed by atoms with Gasteiger partial charge in [-0.05, 0) is 65.3 Å². The van der Waals surface area contributed by atoms with E-state index in [9.17, 15) is 29.1 Å². The minimum atomic E-state index is -1.31. The molecule has 0 fully saturated rings. The highest BCUT2D eigenvalue weighted by Gasteiger charge is 2.32. The SMILES string of the molecule is Cc1ccc(CC2NC(=O)COc3ccc(cc3)C[C@@H](C(=O)O)NC(=O)[C@@H](CCc3ccccc3)NC(=O)[C@H](Cc3ccc(-c4ccccc4)cc3)NC2=O)cc1. The fraction of sp³-hybridized carbons (Fsp3) is 0.239. The first-order chi connectivity index (χ1) is 27.6. The van der Waals surface area contributed by atoms with Crippen molar-refractivity contribution in [3.63, 3.8) is 0 Å². The average Bonchev–Trinajstić information content (AvgIpc) is 3.22. The summed E-state index contributed by atoms with van der Waals surface area (Å²) in [5.41, 5.74) is 6.07. The maximum Gasteiger partial charge on any atom is 0.326 e. The second kappa shape index (κ2) is 19.2. The third-order valence-electron chi connectivity index (χ3n) is 9.89. The lowest BCUT2D eigenvalue weighted by Crippen LogP contribution is -2.59. The fourth-order valence-corrected chi connectivity index (χ4v) is 6.66. The van der Waals surface area contributed by atoms with E-state index in [1.165, 1.54) is 0 Å². The number of hydrogen-bond donors (Lipinski definition) is 5. The molecule has 2 heterocycles. The van der Waals surface area contributed by atoms with Gasteiger partial charge in [0.1, 0.15) is 29.9 Å². The van der Waals surface area contributed by atoms with Crippen LogP contribution in [-0.2, 0) is 49.7 Å². The molecule has 5 aromatic rings. The number of ether oxygens (including phenoxy) is 1. The zero-order chi connectivity index (χ0) is 40.1. The molecule has 4 atom stereocenters. The molecule has 0 radical (unpaired) electrons. The zero-order valence-electron chi connectivity index (χ0n) is 31.7. The number of fused-ring (bicyclic) bond motifs is 16. The topological polar surface area (TPSA) is 163 Å². The van der Waals surface area contributed by atoms with Gasteiger partial charge in [0.15, 0.2) is 6.61 Å². The third-order valence-corrected chi connectivity index (χ3v) is 9.89. The van der Waals surface area contributed by atoms with Crippen LogP contribution in [0.25, 0.3) is 11.1 Å². The van der Waals surface area contributed by atoms with Gasteiger partial charge in [0.2, 0.25) is 17.7 Å². The summed E-state index contributed by atoms with van der Waals surface area (Å²) in [6.07, 6.45) is 0.699. The molecule has 0 saturated carbocycles. The Morgan fingerprint density at radius 1 is 0.596 bits per heavy atom. The summed E-state index contributed by atoms with van der Waals surface area (Å²) in [6, 6.07) is 36.2. The first kappa shape index (κ1) is 39.9. The number of aliphatic carboxylic acids is 1. The number of amides is 4. The van der Waals surface area contributed by atoms with Gasteiger partial charge in [-0.25, -0.2) is 4.79 Å². The van der Waals surface area contributed by atoms with Crippen LogP contribution < -0.4 is 26.0 Å². The molecular formula is C46H46N4O7. The van der Waals surface area contributed by atoms with E-state index in [1.54, 1.807) is 24.3 Å². The summed E-state index contributed by atoms with van der Waals surface area (Å²) < 4.78 is 5.72. The summed E-state index contributed by atoms with van der Waals surface area (Å²) >= 11 is 0. The molecule has 0 spiro atoms. The lowest BCUT2D eigenvalue weighted by Gasteiger charge is -2.26. The third kappa shape index (κ3) is 11.6. The second-order valence-electron chi connectivity index (χ2n) is 14.3. The minimum absolute atomic E-state index is 0.0421. The van der Waals surface area contributed by atoms with Crippen LogP contribution in [0, 0.1) is 6.92 Å². The summed E-state index contributed by atoms with van der Waals surface area (Å²) in [7, 11) is 0. The largest absolute Gasteiger partial charge is 0.484 e. The van der Waals surface area contributed by atoms with Gasteiger partial charge in [-0.1, -0.05) is 127 Å². The van der Waals surface area contributed by atoms with Crippen LogP contribution in [0.15, 0.2) is 133 Å². The number of carbonyl (C=O) groups is 5. The number of carboxylic acids is 1. The van der Waals surface area contributed by atoms with Crippen molar-refractivity contribution in [1.29, 1.82) is 0 Å². The van der Waals surface area contributed by atoms with E-state index in [0.717, 1.165) is 33.4 Å². The van der Waals surface area contributed by atoms with Crippen LogP contribution >= 0.6 is 0 Å². The van der Waals surface area contributed by atoms with E-state index in [1.807, 2.05) is 116 Å².